The van der Waals surface area contributed by atoms with Crippen LogP contribution in [0.4, 0.5) is 0 Å². The number of benzene rings is 2. The molecular formula is C22H19NO2S. The molecule has 2 aromatic heterocycles. The van der Waals surface area contributed by atoms with Gasteiger partial charge in [0.2, 0.25) is 0 Å². The van der Waals surface area contributed by atoms with Gasteiger partial charge < -0.3 is 9.84 Å². The van der Waals surface area contributed by atoms with E-state index in [0.29, 0.717) is 18.8 Å². The predicted octanol–water partition coefficient (Wildman–Crippen LogP) is 5.41. The topological polar surface area (TPSA) is 42.4 Å². The highest BCUT2D eigenvalue weighted by Gasteiger charge is 2.17. The Morgan fingerprint density at radius 2 is 1.77 bits per heavy atom. The number of aromatic hydroxyl groups is 1. The van der Waals surface area contributed by atoms with Crippen LogP contribution in [0.5, 0.6) is 5.75 Å². The molecule has 0 bridgehead atoms. The summed E-state index contributed by atoms with van der Waals surface area (Å²) in [7, 11) is 1.72. The number of nitrogens with zero attached hydrogens (tertiary/aromatic N) is 1. The van der Waals surface area contributed by atoms with Gasteiger partial charge in [-0.05, 0) is 23.3 Å². The van der Waals surface area contributed by atoms with Crippen LogP contribution in [0.15, 0.2) is 66.9 Å². The SMILES string of the molecule is COCc1c(-c2ccccc2)sc2c(Cc3ccccc3O)nccc12. The maximum Gasteiger partial charge on any atom is 0.119 e. The first-order valence-corrected chi connectivity index (χ1v) is 9.30. The van der Waals surface area contributed by atoms with Crippen molar-refractivity contribution >= 4 is 21.4 Å². The monoisotopic (exact) mass is 361 g/mol. The van der Waals surface area contributed by atoms with Crippen molar-refractivity contribution in [3.8, 4) is 16.2 Å². The molecular weight excluding hydrogens is 342 g/mol. The first kappa shape index (κ1) is 16.8. The number of hydrogen-bond donors (Lipinski definition) is 1. The lowest BCUT2D eigenvalue weighted by Gasteiger charge is -2.05. The molecule has 0 unspecified atom stereocenters. The van der Waals surface area contributed by atoms with E-state index >= 15 is 0 Å². The van der Waals surface area contributed by atoms with E-state index in [1.165, 1.54) is 21.4 Å². The first-order valence-electron chi connectivity index (χ1n) is 8.48. The zero-order chi connectivity index (χ0) is 17.9. The molecule has 3 nitrogen and oxygen atoms in total. The lowest BCUT2D eigenvalue weighted by Crippen LogP contribution is -1.93. The second-order valence-corrected chi connectivity index (χ2v) is 7.17. The Morgan fingerprint density at radius 3 is 2.54 bits per heavy atom. The van der Waals surface area contributed by atoms with E-state index in [1.807, 2.05) is 30.5 Å². The van der Waals surface area contributed by atoms with E-state index < -0.39 is 0 Å². The third-order valence-electron chi connectivity index (χ3n) is 4.46. The summed E-state index contributed by atoms with van der Waals surface area (Å²) in [4.78, 5) is 5.83. The summed E-state index contributed by atoms with van der Waals surface area (Å²) >= 11 is 1.74. The largest absolute Gasteiger partial charge is 0.508 e. The molecule has 1 N–H and O–H groups in total. The molecule has 130 valence electrons. The van der Waals surface area contributed by atoms with Crippen LogP contribution in [0.3, 0.4) is 0 Å². The normalized spacial score (nSPS) is 11.1. The Hall–Kier alpha value is -2.69. The third kappa shape index (κ3) is 3.09. The van der Waals surface area contributed by atoms with Gasteiger partial charge >= 0.3 is 0 Å². The first-order chi connectivity index (χ1) is 12.8. The number of hydrogen-bond acceptors (Lipinski definition) is 4. The number of fused-ring (bicyclic) bond motifs is 1. The molecule has 2 aromatic carbocycles. The van der Waals surface area contributed by atoms with Gasteiger partial charge in [-0.2, -0.15) is 0 Å². The van der Waals surface area contributed by atoms with Crippen molar-refractivity contribution in [2.75, 3.05) is 7.11 Å². The van der Waals surface area contributed by atoms with Crippen LogP contribution < -0.4 is 0 Å². The van der Waals surface area contributed by atoms with E-state index in [0.717, 1.165) is 16.0 Å². The van der Waals surface area contributed by atoms with E-state index in [1.54, 1.807) is 24.5 Å². The smallest absolute Gasteiger partial charge is 0.119 e. The van der Waals surface area contributed by atoms with Gasteiger partial charge in [-0.3, -0.25) is 4.98 Å². The summed E-state index contributed by atoms with van der Waals surface area (Å²) in [5.41, 5.74) is 4.25. The second kappa shape index (κ2) is 7.28. The molecule has 0 saturated carbocycles. The van der Waals surface area contributed by atoms with Crippen molar-refractivity contribution in [2.24, 2.45) is 0 Å². The number of para-hydroxylation sites is 1. The summed E-state index contributed by atoms with van der Waals surface area (Å²) in [6, 6.07) is 19.9. The van der Waals surface area contributed by atoms with E-state index in [2.05, 4.69) is 35.3 Å². The Kier molecular flexibility index (Phi) is 4.69. The summed E-state index contributed by atoms with van der Waals surface area (Å²) in [5, 5.41) is 11.3. The average Bonchev–Trinajstić information content (AvgIpc) is 3.04. The molecule has 0 radical (unpaired) electrons. The fraction of sp³-hybridized carbons (Fsp3) is 0.136. The molecule has 0 aliphatic heterocycles. The molecule has 0 atom stereocenters. The van der Waals surface area contributed by atoms with Crippen LogP contribution in [0.2, 0.25) is 0 Å². The summed E-state index contributed by atoms with van der Waals surface area (Å²) in [5.74, 6) is 0.309. The van der Waals surface area contributed by atoms with Gasteiger partial charge in [0.1, 0.15) is 5.75 Å². The number of phenolic OH excluding ortho intramolecular Hbond substituents is 1. The summed E-state index contributed by atoms with van der Waals surface area (Å²) in [6.07, 6.45) is 2.45. The highest BCUT2D eigenvalue weighted by atomic mass is 32.1. The van der Waals surface area contributed by atoms with Crippen molar-refractivity contribution in [3.05, 3.63) is 83.7 Å². The average molecular weight is 361 g/mol. The number of ether oxygens (including phenoxy) is 1. The Labute approximate surface area is 156 Å². The van der Waals surface area contributed by atoms with Crippen molar-refractivity contribution in [1.29, 1.82) is 0 Å². The van der Waals surface area contributed by atoms with Gasteiger partial charge in [0.15, 0.2) is 0 Å². The molecule has 0 aliphatic carbocycles. The molecule has 0 amide bonds. The van der Waals surface area contributed by atoms with Crippen LogP contribution in [-0.2, 0) is 17.8 Å². The number of methoxy groups -OCH3 is 1. The Balaban J connectivity index is 1.87. The molecule has 0 aliphatic rings. The maximum absolute atomic E-state index is 10.1. The van der Waals surface area contributed by atoms with Crippen molar-refractivity contribution < 1.29 is 9.84 Å². The number of aromatic nitrogens is 1. The molecule has 26 heavy (non-hydrogen) atoms. The summed E-state index contributed by atoms with van der Waals surface area (Å²) in [6.45, 7) is 0.560. The standard InChI is InChI=1S/C22H19NO2S/c1-25-14-18-17-11-12-23-19(13-16-9-5-6-10-20(16)24)22(17)26-21(18)15-7-3-2-4-8-15/h2-12,24H,13-14H2,1H3. The van der Waals surface area contributed by atoms with Crippen LogP contribution in [0.1, 0.15) is 16.8 Å². The zero-order valence-corrected chi connectivity index (χ0v) is 15.3. The van der Waals surface area contributed by atoms with Crippen molar-refractivity contribution in [1.82, 2.24) is 4.98 Å². The van der Waals surface area contributed by atoms with Gasteiger partial charge in [-0.25, -0.2) is 0 Å². The minimum Gasteiger partial charge on any atom is -0.508 e. The van der Waals surface area contributed by atoms with E-state index in [-0.39, 0.29) is 0 Å². The summed E-state index contributed by atoms with van der Waals surface area (Å²) < 4.78 is 6.63. The molecule has 0 fully saturated rings. The Morgan fingerprint density at radius 1 is 1.00 bits per heavy atom. The molecule has 4 heteroatoms. The number of pyridine rings is 1. The van der Waals surface area contributed by atoms with Gasteiger partial charge in [0.05, 0.1) is 17.0 Å². The highest BCUT2D eigenvalue weighted by Crippen LogP contribution is 2.40. The number of phenols is 1. The number of rotatable bonds is 5. The van der Waals surface area contributed by atoms with Crippen molar-refractivity contribution in [2.45, 2.75) is 13.0 Å². The van der Waals surface area contributed by atoms with Gasteiger partial charge in [-0.15, -0.1) is 11.3 Å². The minimum absolute atomic E-state index is 0.309. The van der Waals surface area contributed by atoms with E-state index in [4.69, 9.17) is 4.74 Å². The third-order valence-corrected chi connectivity index (χ3v) is 5.80. The minimum atomic E-state index is 0.309. The quantitative estimate of drug-likeness (QED) is 0.517. The van der Waals surface area contributed by atoms with E-state index in [9.17, 15) is 5.11 Å². The molecule has 4 rings (SSSR count). The molecule has 0 spiro atoms. The predicted molar refractivity (Wildman–Crippen MR) is 107 cm³/mol. The van der Waals surface area contributed by atoms with Gasteiger partial charge in [0.25, 0.3) is 0 Å². The lowest BCUT2D eigenvalue weighted by atomic mass is 10.0. The van der Waals surface area contributed by atoms with Crippen LogP contribution >= 0.6 is 11.3 Å². The van der Waals surface area contributed by atoms with Crippen LogP contribution in [-0.4, -0.2) is 17.2 Å². The fourth-order valence-electron chi connectivity index (χ4n) is 3.21. The van der Waals surface area contributed by atoms with Crippen LogP contribution in [0, 0.1) is 0 Å². The second-order valence-electron chi connectivity index (χ2n) is 6.15. The van der Waals surface area contributed by atoms with Crippen molar-refractivity contribution in [3.63, 3.8) is 0 Å². The molecule has 2 heterocycles. The highest BCUT2D eigenvalue weighted by molar-refractivity contribution is 7.22. The number of thiophene rings is 1. The van der Waals surface area contributed by atoms with Crippen LogP contribution in [0.25, 0.3) is 20.5 Å². The van der Waals surface area contributed by atoms with Gasteiger partial charge in [0, 0.05) is 35.6 Å². The Bertz CT molecular complexity index is 1040. The lowest BCUT2D eigenvalue weighted by molar-refractivity contribution is 0.186. The zero-order valence-electron chi connectivity index (χ0n) is 14.5. The molecule has 4 aromatic rings. The maximum atomic E-state index is 10.1. The van der Waals surface area contributed by atoms with Gasteiger partial charge in [-0.1, -0.05) is 48.5 Å². The fourth-order valence-corrected chi connectivity index (χ4v) is 4.50. The molecule has 0 saturated heterocycles.